The summed E-state index contributed by atoms with van der Waals surface area (Å²) in [6, 6.07) is 3.23. The van der Waals surface area contributed by atoms with E-state index >= 15 is 0 Å². The molecule has 0 N–H and O–H groups in total. The molecule has 0 bridgehead atoms. The van der Waals surface area contributed by atoms with Gasteiger partial charge in [0.2, 0.25) is 0 Å². The lowest BCUT2D eigenvalue weighted by atomic mass is 9.97. The van der Waals surface area contributed by atoms with E-state index in [1.165, 1.54) is 16.2 Å². The number of carbonyl (C=O) groups excluding carboxylic acids is 1. The monoisotopic (exact) mass is 659 g/mol. The molecule has 4 aromatic rings. The number of likely N-dealkylation sites (tertiary alicyclic amines) is 1. The normalized spacial score (nSPS) is 15.2. The van der Waals surface area contributed by atoms with E-state index in [4.69, 9.17) is 34.8 Å². The quantitative estimate of drug-likeness (QED) is 0.206. The number of amides is 1. The molecule has 0 unspecified atom stereocenters. The second-order valence-corrected chi connectivity index (χ2v) is 11.5. The van der Waals surface area contributed by atoms with Gasteiger partial charge in [-0.3, -0.25) is 4.79 Å². The van der Waals surface area contributed by atoms with Gasteiger partial charge in [0, 0.05) is 24.4 Å². The highest BCUT2D eigenvalue weighted by atomic mass is 35.5. The maximum Gasteiger partial charge on any atom is 0.436 e. The highest BCUT2D eigenvalue weighted by Crippen LogP contribution is 2.41. The lowest BCUT2D eigenvalue weighted by Crippen LogP contribution is -2.38. The number of hydrogen-bond acceptors (Lipinski definition) is 6. The molecule has 1 amide bonds. The summed E-state index contributed by atoms with van der Waals surface area (Å²) in [5.74, 6) is -1.02. The van der Waals surface area contributed by atoms with Crippen LogP contribution in [0.5, 0.6) is 0 Å². The van der Waals surface area contributed by atoms with E-state index < -0.39 is 40.2 Å². The van der Waals surface area contributed by atoms with Crippen molar-refractivity contribution in [3.63, 3.8) is 0 Å². The minimum Gasteiger partial charge on any atom is -0.338 e. The summed E-state index contributed by atoms with van der Waals surface area (Å²) in [7, 11) is 0. The van der Waals surface area contributed by atoms with Crippen molar-refractivity contribution in [3.05, 3.63) is 66.8 Å². The van der Waals surface area contributed by atoms with E-state index in [1.807, 2.05) is 5.38 Å². The molecule has 0 atom stereocenters. The molecule has 0 saturated carbocycles. The minimum absolute atomic E-state index is 0.0441. The van der Waals surface area contributed by atoms with E-state index in [2.05, 4.69) is 14.5 Å². The van der Waals surface area contributed by atoms with Gasteiger partial charge in [0.25, 0.3) is 5.91 Å². The molecule has 1 saturated heterocycles. The van der Waals surface area contributed by atoms with Crippen LogP contribution >= 0.6 is 57.7 Å². The van der Waals surface area contributed by atoms with E-state index in [9.17, 15) is 31.1 Å². The lowest BCUT2D eigenvalue weighted by molar-refractivity contribution is -0.141. The number of halogens is 9. The molecule has 0 aliphatic carbocycles. The number of benzene rings is 1. The van der Waals surface area contributed by atoms with Gasteiger partial charge in [0.05, 0.1) is 31.9 Å². The lowest BCUT2D eigenvalue weighted by Gasteiger charge is -2.31. The van der Waals surface area contributed by atoms with Crippen molar-refractivity contribution in [2.24, 2.45) is 0 Å². The van der Waals surface area contributed by atoms with Crippen LogP contribution in [0.4, 0.5) is 26.3 Å². The molecule has 6 nitrogen and oxygen atoms in total. The Morgan fingerprint density at radius 2 is 1.62 bits per heavy atom. The summed E-state index contributed by atoms with van der Waals surface area (Å²) in [5.41, 5.74) is -2.93. The first-order chi connectivity index (χ1) is 18.8. The van der Waals surface area contributed by atoms with Gasteiger partial charge in [-0.05, 0) is 48.6 Å². The van der Waals surface area contributed by atoms with Crippen molar-refractivity contribution in [1.29, 1.82) is 0 Å². The maximum atomic E-state index is 13.9. The van der Waals surface area contributed by atoms with Crippen LogP contribution in [0, 0.1) is 0 Å². The van der Waals surface area contributed by atoms with Crippen molar-refractivity contribution >= 4 is 63.6 Å². The predicted molar refractivity (Wildman–Crippen MR) is 140 cm³/mol. The van der Waals surface area contributed by atoms with Crippen LogP contribution in [0.1, 0.15) is 45.4 Å². The van der Waals surface area contributed by atoms with Gasteiger partial charge in [-0.15, -0.1) is 11.3 Å². The summed E-state index contributed by atoms with van der Waals surface area (Å²) >= 11 is 20.8. The molecular formula is C23H14Cl3F6N5OS2. The first-order valence-electron chi connectivity index (χ1n) is 11.3. The average molecular weight is 661 g/mol. The first-order valence-corrected chi connectivity index (χ1v) is 14.1. The first kappa shape index (κ1) is 29.1. The molecule has 1 aliphatic rings. The Morgan fingerprint density at radius 1 is 0.975 bits per heavy atom. The fourth-order valence-electron chi connectivity index (χ4n) is 4.23. The van der Waals surface area contributed by atoms with E-state index in [0.29, 0.717) is 45.2 Å². The van der Waals surface area contributed by atoms with Gasteiger partial charge >= 0.3 is 12.4 Å². The van der Waals surface area contributed by atoms with Gasteiger partial charge in [0.15, 0.2) is 10.8 Å². The van der Waals surface area contributed by atoms with Crippen LogP contribution in [0.25, 0.3) is 16.3 Å². The molecule has 0 spiro atoms. The zero-order valence-electron chi connectivity index (χ0n) is 19.7. The number of nitrogens with zero attached hydrogens (tertiary/aromatic N) is 5. The Hall–Kier alpha value is -2.39. The number of rotatable bonds is 4. The molecule has 0 radical (unpaired) electrons. The Labute approximate surface area is 245 Å². The summed E-state index contributed by atoms with van der Waals surface area (Å²) < 4.78 is 85.0. The summed E-state index contributed by atoms with van der Waals surface area (Å²) in [4.78, 5) is 19.8. The summed E-state index contributed by atoms with van der Waals surface area (Å²) in [5, 5.41) is 5.89. The van der Waals surface area contributed by atoms with Gasteiger partial charge in [-0.1, -0.05) is 34.8 Å². The predicted octanol–water partition coefficient (Wildman–Crippen LogP) is 8.47. The number of aromatic nitrogens is 4. The number of piperidine rings is 1. The van der Waals surface area contributed by atoms with Crippen LogP contribution < -0.4 is 0 Å². The molecule has 5 rings (SSSR count). The van der Waals surface area contributed by atoms with Crippen LogP contribution in [-0.4, -0.2) is 43.0 Å². The zero-order chi connectivity index (χ0) is 29.0. The van der Waals surface area contributed by atoms with Gasteiger partial charge in [-0.25, -0.2) is 9.67 Å². The number of carbonyl (C=O) groups is 1. The third-order valence-electron chi connectivity index (χ3n) is 6.23. The van der Waals surface area contributed by atoms with Crippen molar-refractivity contribution < 1.29 is 31.1 Å². The molecule has 17 heteroatoms. The minimum atomic E-state index is -5.04. The second-order valence-electron chi connectivity index (χ2n) is 8.72. The van der Waals surface area contributed by atoms with Crippen molar-refractivity contribution in [1.82, 2.24) is 24.0 Å². The third-order valence-corrected chi connectivity index (χ3v) is 9.41. The Bertz CT molecular complexity index is 1560. The van der Waals surface area contributed by atoms with E-state index in [0.717, 1.165) is 28.7 Å². The number of thiazole rings is 1. The van der Waals surface area contributed by atoms with Gasteiger partial charge in [0.1, 0.15) is 10.7 Å². The number of alkyl halides is 6. The molecule has 1 aliphatic heterocycles. The van der Waals surface area contributed by atoms with E-state index in [1.54, 1.807) is 0 Å². The zero-order valence-corrected chi connectivity index (χ0v) is 23.6. The van der Waals surface area contributed by atoms with Crippen molar-refractivity contribution in [3.8, 4) is 16.3 Å². The Morgan fingerprint density at radius 3 is 2.17 bits per heavy atom. The second kappa shape index (κ2) is 10.8. The SMILES string of the molecule is O=C(c1c(C(F)(F)F)nn(-c2ccc(C(F)(F)F)cc2)c1Cl)N1CCC(c2nc(-c3snc(Cl)c3Cl)cs2)CC1. The van der Waals surface area contributed by atoms with Crippen LogP contribution in [0.15, 0.2) is 29.6 Å². The third kappa shape index (κ3) is 5.56. The molecule has 4 heterocycles. The van der Waals surface area contributed by atoms with Crippen LogP contribution in [0.2, 0.25) is 15.3 Å². The van der Waals surface area contributed by atoms with Crippen molar-refractivity contribution in [2.45, 2.75) is 31.1 Å². The summed E-state index contributed by atoms with van der Waals surface area (Å²) in [6.07, 6.45) is -8.81. The Kier molecular flexibility index (Phi) is 7.85. The van der Waals surface area contributed by atoms with Gasteiger partial charge in [-0.2, -0.15) is 35.8 Å². The summed E-state index contributed by atoms with van der Waals surface area (Å²) in [6.45, 7) is 0.259. The molecule has 1 aromatic carbocycles. The molecular weight excluding hydrogens is 647 g/mol. The average Bonchev–Trinajstić information content (AvgIpc) is 3.61. The van der Waals surface area contributed by atoms with Crippen molar-refractivity contribution in [2.75, 3.05) is 13.1 Å². The van der Waals surface area contributed by atoms with E-state index in [-0.39, 0.29) is 29.8 Å². The fraction of sp³-hybridized carbons (Fsp3) is 0.304. The van der Waals surface area contributed by atoms with Gasteiger partial charge < -0.3 is 4.90 Å². The smallest absolute Gasteiger partial charge is 0.338 e. The largest absolute Gasteiger partial charge is 0.436 e. The molecule has 212 valence electrons. The fourth-order valence-corrected chi connectivity index (χ4v) is 6.78. The highest BCUT2D eigenvalue weighted by molar-refractivity contribution is 7.12. The molecule has 3 aromatic heterocycles. The van der Waals surface area contributed by atoms with Crippen LogP contribution in [0.3, 0.4) is 0 Å². The number of hydrogen-bond donors (Lipinski definition) is 0. The maximum absolute atomic E-state index is 13.9. The highest BCUT2D eigenvalue weighted by Gasteiger charge is 2.43. The van der Waals surface area contributed by atoms with Crippen LogP contribution in [-0.2, 0) is 12.4 Å². The Balaban J connectivity index is 1.36. The molecule has 40 heavy (non-hydrogen) atoms. The standard InChI is InChI=1S/C23H14Cl3F6N5OS2/c24-15-16(40-35-18(15)25)13-9-39-20(33-13)10-5-7-36(8-6-10)21(38)14-17(23(30,31)32)34-37(19(14)26)12-3-1-11(2-4-12)22(27,28)29/h1-4,9-10H,5-8H2. The topological polar surface area (TPSA) is 63.9 Å². The molecule has 1 fully saturated rings.